The minimum Gasteiger partial charge on any atom is -0.510 e. The second-order valence-electron chi connectivity index (χ2n) is 12.5. The van der Waals surface area contributed by atoms with E-state index in [1.165, 1.54) is 25.9 Å². The maximum Gasteiger partial charge on any atom is 0.255 e. The number of phenolic OH excluding ortho intramolecular Hbond substituents is 1. The number of allylic oxidation sites excluding steroid dienone is 1. The highest BCUT2D eigenvalue weighted by atomic mass is 19.1. The Kier molecular flexibility index (Phi) is 7.09. The van der Waals surface area contributed by atoms with Gasteiger partial charge in [0, 0.05) is 34.1 Å². The third kappa shape index (κ3) is 4.57. The van der Waals surface area contributed by atoms with Crippen molar-refractivity contribution in [3.8, 4) is 5.75 Å². The zero-order valence-electron chi connectivity index (χ0n) is 23.7. The molecular formula is C28H35FN4O8. The lowest BCUT2D eigenvalue weighted by Gasteiger charge is -2.53. The van der Waals surface area contributed by atoms with E-state index in [1.807, 2.05) is 20.8 Å². The molecule has 0 bridgehead atoms. The summed E-state index contributed by atoms with van der Waals surface area (Å²) in [5.74, 6) is -9.05. The Balaban J connectivity index is 1.87. The molecular weight excluding hydrogens is 539 g/mol. The molecule has 0 aromatic heterocycles. The molecule has 0 aliphatic heterocycles. The predicted octanol–water partition coefficient (Wildman–Crippen LogP) is 0.976. The van der Waals surface area contributed by atoms with Crippen molar-refractivity contribution >= 4 is 29.1 Å². The molecule has 1 aromatic rings. The number of phenols is 1. The zero-order valence-corrected chi connectivity index (χ0v) is 23.7. The first kappa shape index (κ1) is 30.2. The van der Waals surface area contributed by atoms with Gasteiger partial charge in [-0.05, 0) is 47.7 Å². The monoisotopic (exact) mass is 574 g/mol. The third-order valence-electron chi connectivity index (χ3n) is 8.13. The van der Waals surface area contributed by atoms with Gasteiger partial charge in [0.15, 0.2) is 17.1 Å². The largest absolute Gasteiger partial charge is 0.510 e. The number of ketones is 2. The van der Waals surface area contributed by atoms with Crippen LogP contribution in [0, 0.1) is 17.2 Å². The number of hydrogen-bond donors (Lipinski definition) is 7. The van der Waals surface area contributed by atoms with Gasteiger partial charge in [-0.3, -0.25) is 24.1 Å². The van der Waals surface area contributed by atoms with Gasteiger partial charge in [-0.15, -0.1) is 0 Å². The van der Waals surface area contributed by atoms with Gasteiger partial charge in [-0.2, -0.15) is 0 Å². The standard InChI is InChI=1S/C28H35FN4O8/c1-26(2,3)31-10-15(34)32-14-7-13(29)11-8-27(4)9-12-19(33(5)6)22(37)17(25(30)40)23(38)28(12,41)24(39)18(27)21(36)16(11)20(14)35/h7,12,19,31,35,37,39,41H,8-10H2,1-6H3,(H2,30,40)(H,32,34)/t12-,19-,27-,28+/m0/s1. The molecule has 13 heteroatoms. The summed E-state index contributed by atoms with van der Waals surface area (Å²) in [6.45, 7) is 6.85. The number of nitrogens with one attached hydrogen (secondary N) is 2. The lowest BCUT2D eigenvalue weighted by Crippen LogP contribution is -2.65. The lowest BCUT2D eigenvalue weighted by molar-refractivity contribution is -0.150. The summed E-state index contributed by atoms with van der Waals surface area (Å²) in [4.78, 5) is 53.3. The summed E-state index contributed by atoms with van der Waals surface area (Å²) in [5.41, 5.74) is -1.72. The first-order valence-corrected chi connectivity index (χ1v) is 13.0. The van der Waals surface area contributed by atoms with E-state index in [2.05, 4.69) is 10.6 Å². The number of aliphatic hydroxyl groups is 3. The minimum absolute atomic E-state index is 0.175. The first-order valence-electron chi connectivity index (χ1n) is 13.0. The van der Waals surface area contributed by atoms with Crippen LogP contribution in [0.5, 0.6) is 5.75 Å². The number of Topliss-reactive ketones (excluding diaryl/α,β-unsaturated/α-hetero) is 2. The van der Waals surface area contributed by atoms with Crippen molar-refractivity contribution in [2.24, 2.45) is 17.1 Å². The summed E-state index contributed by atoms with van der Waals surface area (Å²) in [7, 11) is 3.03. The lowest BCUT2D eigenvalue weighted by atomic mass is 9.53. The number of amides is 2. The highest BCUT2D eigenvalue weighted by Crippen LogP contribution is 2.58. The van der Waals surface area contributed by atoms with Crippen molar-refractivity contribution in [1.82, 2.24) is 10.2 Å². The van der Waals surface area contributed by atoms with Crippen LogP contribution in [-0.2, 0) is 20.8 Å². The minimum atomic E-state index is -2.83. The van der Waals surface area contributed by atoms with Crippen molar-refractivity contribution in [3.05, 3.63) is 45.7 Å². The van der Waals surface area contributed by atoms with Gasteiger partial charge in [-0.1, -0.05) is 6.92 Å². The van der Waals surface area contributed by atoms with Crippen LogP contribution in [0.2, 0.25) is 0 Å². The maximum absolute atomic E-state index is 15.5. The number of nitrogens with two attached hydrogens (primary N) is 1. The van der Waals surface area contributed by atoms with E-state index in [0.717, 1.165) is 6.07 Å². The van der Waals surface area contributed by atoms with Crippen molar-refractivity contribution in [2.45, 2.75) is 57.7 Å². The van der Waals surface area contributed by atoms with Crippen molar-refractivity contribution in [2.75, 3.05) is 26.0 Å². The second kappa shape index (κ2) is 9.64. The molecule has 4 rings (SSSR count). The maximum atomic E-state index is 15.5. The third-order valence-corrected chi connectivity index (χ3v) is 8.13. The number of primary amides is 1. The molecule has 0 spiro atoms. The zero-order chi connectivity index (χ0) is 31.0. The van der Waals surface area contributed by atoms with Gasteiger partial charge in [0.1, 0.15) is 22.9 Å². The van der Waals surface area contributed by atoms with Gasteiger partial charge >= 0.3 is 0 Å². The summed E-state index contributed by atoms with van der Waals surface area (Å²) in [6, 6.07) is -0.275. The number of hydrogen-bond acceptors (Lipinski definition) is 10. The van der Waals surface area contributed by atoms with Crippen LogP contribution in [0.4, 0.5) is 10.1 Å². The smallest absolute Gasteiger partial charge is 0.255 e. The molecule has 0 saturated heterocycles. The van der Waals surface area contributed by atoms with Crippen LogP contribution in [0.25, 0.3) is 0 Å². The molecule has 1 aromatic carbocycles. The number of aliphatic hydroxyl groups excluding tert-OH is 2. The molecule has 222 valence electrons. The Morgan fingerprint density at radius 3 is 2.34 bits per heavy atom. The van der Waals surface area contributed by atoms with E-state index in [9.17, 15) is 39.6 Å². The molecule has 4 atom stereocenters. The molecule has 3 aliphatic carbocycles. The van der Waals surface area contributed by atoms with E-state index in [1.54, 1.807) is 0 Å². The number of nitrogens with zero attached hydrogens (tertiary/aromatic N) is 1. The fraction of sp³-hybridized carbons (Fsp3) is 0.500. The van der Waals surface area contributed by atoms with Crippen molar-refractivity contribution in [3.63, 3.8) is 0 Å². The Hall–Kier alpha value is -3.81. The van der Waals surface area contributed by atoms with Crippen LogP contribution in [0.1, 0.15) is 50.0 Å². The molecule has 3 aliphatic rings. The van der Waals surface area contributed by atoms with Crippen LogP contribution in [-0.4, -0.2) is 86.5 Å². The number of benzene rings is 1. The Labute approximate surface area is 235 Å². The molecule has 0 unspecified atom stereocenters. The number of aromatic hydroxyl groups is 1. The van der Waals surface area contributed by atoms with Gasteiger partial charge in [-0.25, -0.2) is 4.39 Å². The number of likely N-dealkylation sites (N-methyl/N-ethyl adjacent to an activating group) is 1. The normalized spacial score (nSPS) is 27.9. The fourth-order valence-electron chi connectivity index (χ4n) is 6.28. The Morgan fingerprint density at radius 1 is 1.20 bits per heavy atom. The molecule has 12 nitrogen and oxygen atoms in total. The predicted molar refractivity (Wildman–Crippen MR) is 145 cm³/mol. The summed E-state index contributed by atoms with van der Waals surface area (Å²) < 4.78 is 15.5. The average molecular weight is 575 g/mol. The summed E-state index contributed by atoms with van der Waals surface area (Å²) in [6.07, 6.45) is -0.434. The molecule has 0 heterocycles. The van der Waals surface area contributed by atoms with Crippen LogP contribution < -0.4 is 16.4 Å². The number of fused-ring (bicyclic) bond motifs is 3. The van der Waals surface area contributed by atoms with E-state index in [4.69, 9.17) is 5.73 Å². The summed E-state index contributed by atoms with van der Waals surface area (Å²) >= 11 is 0. The number of halogens is 1. The molecule has 0 radical (unpaired) electrons. The Bertz CT molecular complexity index is 1460. The average Bonchev–Trinajstić information content (AvgIpc) is 2.82. The molecule has 8 N–H and O–H groups in total. The van der Waals surface area contributed by atoms with E-state index in [0.29, 0.717) is 0 Å². The summed E-state index contributed by atoms with van der Waals surface area (Å²) in [5, 5.41) is 50.4. The molecule has 41 heavy (non-hydrogen) atoms. The second-order valence-corrected chi connectivity index (χ2v) is 12.5. The number of anilines is 1. The highest BCUT2D eigenvalue weighted by Gasteiger charge is 2.65. The number of rotatable bonds is 5. The first-order chi connectivity index (χ1) is 18.8. The topological polar surface area (TPSA) is 203 Å². The fourth-order valence-corrected chi connectivity index (χ4v) is 6.28. The van der Waals surface area contributed by atoms with Crippen molar-refractivity contribution < 1.29 is 44.0 Å². The quantitative estimate of drug-likeness (QED) is 0.196. The van der Waals surface area contributed by atoms with E-state index < -0.39 is 91.7 Å². The molecule has 2 amide bonds. The van der Waals surface area contributed by atoms with Crippen LogP contribution in [0.3, 0.4) is 0 Å². The van der Waals surface area contributed by atoms with E-state index in [-0.39, 0.29) is 30.6 Å². The van der Waals surface area contributed by atoms with Crippen molar-refractivity contribution in [1.29, 1.82) is 0 Å². The Morgan fingerprint density at radius 2 is 1.80 bits per heavy atom. The molecule has 0 saturated carbocycles. The van der Waals surface area contributed by atoms with Gasteiger partial charge < -0.3 is 36.8 Å². The van der Waals surface area contributed by atoms with Crippen LogP contribution in [0.15, 0.2) is 28.7 Å². The SMILES string of the molecule is CN(C)[C@@H]1C(O)=C(C(N)=O)C(=O)[C@@]2(O)C(O)=C3C(=O)c4c(O)c(NC(=O)CNC(C)(C)C)cc(F)c4C[C@@]3(C)C[C@@H]12. The highest BCUT2D eigenvalue weighted by molar-refractivity contribution is 6.25. The van der Waals surface area contributed by atoms with Gasteiger partial charge in [0.25, 0.3) is 5.91 Å². The van der Waals surface area contributed by atoms with Gasteiger partial charge in [0.2, 0.25) is 11.7 Å². The van der Waals surface area contributed by atoms with E-state index >= 15 is 4.39 Å². The number of carbonyl (C=O) groups excluding carboxylic acids is 4. The van der Waals surface area contributed by atoms with Crippen LogP contribution >= 0.6 is 0 Å². The molecule has 0 fully saturated rings. The van der Waals surface area contributed by atoms with Gasteiger partial charge in [0.05, 0.1) is 23.8 Å². The number of carbonyl (C=O) groups is 4.